The molecule has 0 aromatic carbocycles. The quantitative estimate of drug-likeness (QED) is 0.622. The van der Waals surface area contributed by atoms with Crippen LogP contribution in [0.5, 0.6) is 0 Å². The van der Waals surface area contributed by atoms with Crippen LogP contribution in [0.4, 0.5) is 8.78 Å². The molecule has 0 fully saturated rings. The van der Waals surface area contributed by atoms with E-state index in [0.29, 0.717) is 6.29 Å². The highest BCUT2D eigenvalue weighted by atomic mass is 127. The minimum atomic E-state index is -2.78. The molecule has 0 saturated heterocycles. The Labute approximate surface area is 91.9 Å². The first-order chi connectivity index (χ1) is 6.61. The van der Waals surface area contributed by atoms with Gasteiger partial charge in [0.15, 0.2) is 12.0 Å². The second kappa shape index (κ2) is 4.41. The number of hydrogen-bond donors (Lipinski definition) is 0. The molecular weight excluding hydrogens is 305 g/mol. The van der Waals surface area contributed by atoms with Crippen molar-refractivity contribution in [1.82, 2.24) is 4.98 Å². The average molecular weight is 308 g/mol. The van der Waals surface area contributed by atoms with Gasteiger partial charge in [0.1, 0.15) is 6.07 Å². The number of aromatic nitrogens is 1. The van der Waals surface area contributed by atoms with E-state index in [-0.39, 0.29) is 14.8 Å². The van der Waals surface area contributed by atoms with Crippen molar-refractivity contribution < 1.29 is 13.6 Å². The zero-order valence-corrected chi connectivity index (χ0v) is 8.83. The summed E-state index contributed by atoms with van der Waals surface area (Å²) in [6.07, 6.45) is -1.50. The lowest BCUT2D eigenvalue weighted by molar-refractivity contribution is 0.110. The van der Waals surface area contributed by atoms with Crippen LogP contribution in [0.2, 0.25) is 0 Å². The van der Waals surface area contributed by atoms with Crippen LogP contribution in [-0.4, -0.2) is 11.3 Å². The van der Waals surface area contributed by atoms with Gasteiger partial charge >= 0.3 is 0 Å². The summed E-state index contributed by atoms with van der Waals surface area (Å²) >= 11 is 1.58. The van der Waals surface area contributed by atoms with Crippen LogP contribution >= 0.6 is 22.6 Å². The molecule has 0 aliphatic rings. The first-order valence-electron chi connectivity index (χ1n) is 3.43. The van der Waals surface area contributed by atoms with Crippen LogP contribution in [0.3, 0.4) is 0 Å². The number of hydrogen-bond acceptors (Lipinski definition) is 3. The first kappa shape index (κ1) is 11.0. The van der Waals surface area contributed by atoms with Crippen molar-refractivity contribution in [2.75, 3.05) is 0 Å². The largest absolute Gasteiger partial charge is 0.298 e. The summed E-state index contributed by atoms with van der Waals surface area (Å²) in [6.45, 7) is 0. The lowest BCUT2D eigenvalue weighted by atomic mass is 10.1. The molecule has 3 nitrogen and oxygen atoms in total. The van der Waals surface area contributed by atoms with E-state index < -0.39 is 12.0 Å². The predicted octanol–water partition coefficient (Wildman–Crippen LogP) is 2.31. The van der Waals surface area contributed by atoms with Crippen LogP contribution in [-0.2, 0) is 0 Å². The Morgan fingerprint density at radius 2 is 2.29 bits per heavy atom. The van der Waals surface area contributed by atoms with Crippen molar-refractivity contribution >= 4 is 28.9 Å². The average Bonchev–Trinajstić information content (AvgIpc) is 2.16. The second-order valence-corrected chi connectivity index (χ2v) is 3.40. The van der Waals surface area contributed by atoms with Gasteiger partial charge in [0, 0.05) is 17.3 Å². The van der Waals surface area contributed by atoms with Gasteiger partial charge in [-0.1, -0.05) is 0 Å². The number of aldehydes is 1. The van der Waals surface area contributed by atoms with Gasteiger partial charge < -0.3 is 0 Å². The molecule has 72 valence electrons. The fourth-order valence-corrected chi connectivity index (χ4v) is 1.71. The Morgan fingerprint density at radius 1 is 1.64 bits per heavy atom. The zero-order chi connectivity index (χ0) is 10.7. The molecular formula is C8H3F2IN2O. The Bertz CT molecular complexity index is 415. The maximum atomic E-state index is 12.5. The Kier molecular flexibility index (Phi) is 3.46. The highest BCUT2D eigenvalue weighted by molar-refractivity contribution is 14.1. The summed E-state index contributed by atoms with van der Waals surface area (Å²) in [5, 5.41) is 8.54. The van der Waals surface area contributed by atoms with Gasteiger partial charge in [-0.15, -0.1) is 0 Å². The smallest absolute Gasteiger partial charge is 0.265 e. The molecule has 1 rings (SSSR count). The number of carbonyl (C=O) groups is 1. The van der Waals surface area contributed by atoms with Gasteiger partial charge in [-0.05, 0) is 22.6 Å². The van der Waals surface area contributed by atoms with E-state index in [4.69, 9.17) is 5.26 Å². The molecule has 0 saturated carbocycles. The number of pyridine rings is 1. The second-order valence-electron chi connectivity index (χ2n) is 2.32. The monoisotopic (exact) mass is 308 g/mol. The van der Waals surface area contributed by atoms with Gasteiger partial charge in [-0.3, -0.25) is 4.79 Å². The molecule has 0 atom stereocenters. The van der Waals surface area contributed by atoms with Crippen molar-refractivity contribution in [3.8, 4) is 6.07 Å². The molecule has 0 aliphatic heterocycles. The SMILES string of the molecule is N#Cc1ncc(C=O)c(C(F)F)c1I. The molecule has 0 N–H and O–H groups in total. The molecule has 0 bridgehead atoms. The van der Waals surface area contributed by atoms with Gasteiger partial charge in [-0.2, -0.15) is 5.26 Å². The standard InChI is InChI=1S/C8H3F2IN2O/c9-8(10)6-4(3-14)2-13-5(1-12)7(6)11/h2-3,8H. The first-order valence-corrected chi connectivity index (χ1v) is 4.51. The molecule has 0 radical (unpaired) electrons. The lowest BCUT2D eigenvalue weighted by Gasteiger charge is -2.06. The summed E-state index contributed by atoms with van der Waals surface area (Å²) in [7, 11) is 0. The normalized spacial score (nSPS) is 9.93. The summed E-state index contributed by atoms with van der Waals surface area (Å²) in [5.41, 5.74) is -0.693. The lowest BCUT2D eigenvalue weighted by Crippen LogP contribution is -2.02. The van der Waals surface area contributed by atoms with Gasteiger partial charge in [0.25, 0.3) is 6.43 Å². The highest BCUT2D eigenvalue weighted by Crippen LogP contribution is 2.28. The molecule has 0 unspecified atom stereocenters. The Morgan fingerprint density at radius 3 is 2.71 bits per heavy atom. The van der Waals surface area contributed by atoms with Gasteiger partial charge in [-0.25, -0.2) is 13.8 Å². The van der Waals surface area contributed by atoms with E-state index in [1.165, 1.54) is 0 Å². The van der Waals surface area contributed by atoms with E-state index in [1.54, 1.807) is 28.7 Å². The number of nitriles is 1. The van der Waals surface area contributed by atoms with Crippen LogP contribution in [0, 0.1) is 14.9 Å². The molecule has 0 aliphatic carbocycles. The molecule has 1 aromatic rings. The van der Waals surface area contributed by atoms with Gasteiger partial charge in [0.05, 0.1) is 3.57 Å². The molecule has 0 amide bonds. The van der Waals surface area contributed by atoms with E-state index in [9.17, 15) is 13.6 Å². The molecule has 0 spiro atoms. The Balaban J connectivity index is 3.48. The van der Waals surface area contributed by atoms with Crippen LogP contribution in [0.15, 0.2) is 6.20 Å². The number of carbonyl (C=O) groups excluding carboxylic acids is 1. The molecule has 14 heavy (non-hydrogen) atoms. The van der Waals surface area contributed by atoms with Gasteiger partial charge in [0.2, 0.25) is 0 Å². The summed E-state index contributed by atoms with van der Waals surface area (Å²) < 4.78 is 25.0. The maximum absolute atomic E-state index is 12.5. The van der Waals surface area contributed by atoms with Crippen molar-refractivity contribution in [2.45, 2.75) is 6.43 Å². The number of halogens is 3. The minimum absolute atomic E-state index is 0.0321. The number of rotatable bonds is 2. The van der Waals surface area contributed by atoms with E-state index in [0.717, 1.165) is 6.20 Å². The van der Waals surface area contributed by atoms with E-state index in [1.807, 2.05) is 0 Å². The highest BCUT2D eigenvalue weighted by Gasteiger charge is 2.19. The van der Waals surface area contributed by atoms with E-state index >= 15 is 0 Å². The fraction of sp³-hybridized carbons (Fsp3) is 0.125. The van der Waals surface area contributed by atoms with Crippen molar-refractivity contribution in [1.29, 1.82) is 5.26 Å². The zero-order valence-electron chi connectivity index (χ0n) is 6.67. The molecule has 1 heterocycles. The van der Waals surface area contributed by atoms with Crippen LogP contribution in [0.1, 0.15) is 28.0 Å². The van der Waals surface area contributed by atoms with Crippen LogP contribution in [0.25, 0.3) is 0 Å². The summed E-state index contributed by atoms with van der Waals surface area (Å²) in [6, 6.07) is 1.67. The fourth-order valence-electron chi connectivity index (χ4n) is 0.908. The number of alkyl halides is 2. The van der Waals surface area contributed by atoms with Crippen LogP contribution < -0.4 is 0 Å². The van der Waals surface area contributed by atoms with Crippen molar-refractivity contribution in [2.24, 2.45) is 0 Å². The predicted molar refractivity (Wildman–Crippen MR) is 52.0 cm³/mol. The maximum Gasteiger partial charge on any atom is 0.265 e. The number of nitrogens with zero attached hydrogens (tertiary/aromatic N) is 2. The third kappa shape index (κ3) is 1.87. The third-order valence-electron chi connectivity index (χ3n) is 1.54. The van der Waals surface area contributed by atoms with Crippen molar-refractivity contribution in [3.63, 3.8) is 0 Å². The van der Waals surface area contributed by atoms with E-state index in [2.05, 4.69) is 4.98 Å². The summed E-state index contributed by atoms with van der Waals surface area (Å²) in [4.78, 5) is 14.0. The third-order valence-corrected chi connectivity index (χ3v) is 2.63. The molecule has 1 aromatic heterocycles. The topological polar surface area (TPSA) is 53.8 Å². The minimum Gasteiger partial charge on any atom is -0.298 e. The summed E-state index contributed by atoms with van der Waals surface area (Å²) in [5.74, 6) is 0. The molecule has 6 heteroatoms. The Hall–Kier alpha value is -1.10. The van der Waals surface area contributed by atoms with Crippen molar-refractivity contribution in [3.05, 3.63) is 26.6 Å².